The van der Waals surface area contributed by atoms with Gasteiger partial charge in [0.05, 0.1) is 17.1 Å². The molecule has 8 heteroatoms. The van der Waals surface area contributed by atoms with Crippen molar-refractivity contribution < 1.29 is 13.2 Å². The highest BCUT2D eigenvalue weighted by Crippen LogP contribution is 2.26. The predicted molar refractivity (Wildman–Crippen MR) is 97.2 cm³/mol. The summed E-state index contributed by atoms with van der Waals surface area (Å²) in [5, 5.41) is 0.788. The number of hydrogen-bond acceptors (Lipinski definition) is 5. The van der Waals surface area contributed by atoms with Gasteiger partial charge in [0.15, 0.2) is 0 Å². The lowest BCUT2D eigenvalue weighted by Crippen LogP contribution is -2.25. The highest BCUT2D eigenvalue weighted by Gasteiger charge is 2.19. The molecule has 0 aliphatic heterocycles. The van der Waals surface area contributed by atoms with E-state index in [1.807, 2.05) is 0 Å². The number of carbonyl (C=O) groups is 1. The molecular weight excluding hydrogens is 358 g/mol. The maximum atomic E-state index is 12.5. The highest BCUT2D eigenvalue weighted by molar-refractivity contribution is 7.89. The number of benzene rings is 1. The largest absolute Gasteiger partial charge is 0.345 e. The molecule has 0 fully saturated rings. The third-order valence-electron chi connectivity index (χ3n) is 4.10. The zero-order valence-electron chi connectivity index (χ0n) is 14.3. The maximum Gasteiger partial charge on any atom is 0.253 e. The molecule has 1 aliphatic rings. The van der Waals surface area contributed by atoms with Crippen LogP contribution in [-0.2, 0) is 29.4 Å². The van der Waals surface area contributed by atoms with Crippen molar-refractivity contribution in [2.45, 2.75) is 37.1 Å². The Morgan fingerprint density at radius 1 is 1.28 bits per heavy atom. The molecule has 0 saturated heterocycles. The van der Waals surface area contributed by atoms with Gasteiger partial charge in [0.25, 0.3) is 5.91 Å². The summed E-state index contributed by atoms with van der Waals surface area (Å²) < 4.78 is 27.7. The minimum Gasteiger partial charge on any atom is -0.345 e. The average Bonchev–Trinajstić information content (AvgIpc) is 3.02. The first-order chi connectivity index (χ1) is 11.9. The monoisotopic (exact) mass is 379 g/mol. The zero-order valence-corrected chi connectivity index (χ0v) is 15.9. The average molecular weight is 380 g/mol. The van der Waals surface area contributed by atoms with Gasteiger partial charge in [-0.15, -0.1) is 11.3 Å². The Kier molecular flexibility index (Phi) is 5.21. The van der Waals surface area contributed by atoms with Gasteiger partial charge in [0, 0.05) is 24.5 Å². The number of aryl methyl sites for hydroxylation is 2. The number of carbonyl (C=O) groups excluding carboxylic acids is 1. The molecule has 1 amide bonds. The van der Waals surface area contributed by atoms with E-state index in [0.29, 0.717) is 5.56 Å². The number of thiazole rings is 1. The van der Waals surface area contributed by atoms with E-state index in [4.69, 9.17) is 0 Å². The molecule has 3 rings (SSSR count). The van der Waals surface area contributed by atoms with E-state index in [-0.39, 0.29) is 17.3 Å². The minimum atomic E-state index is -3.70. The van der Waals surface area contributed by atoms with E-state index in [0.717, 1.165) is 30.0 Å². The Balaban J connectivity index is 1.74. The smallest absolute Gasteiger partial charge is 0.253 e. The Bertz CT molecular complexity index is 865. The summed E-state index contributed by atoms with van der Waals surface area (Å²) in [7, 11) is -0.434. The van der Waals surface area contributed by atoms with Crippen LogP contribution in [0.15, 0.2) is 29.2 Å². The number of hydrogen-bond donors (Lipinski definition) is 1. The number of amides is 1. The molecule has 1 aromatic carbocycles. The molecule has 1 N–H and O–H groups in total. The van der Waals surface area contributed by atoms with Crippen LogP contribution in [0.25, 0.3) is 0 Å². The van der Waals surface area contributed by atoms with Crippen molar-refractivity contribution in [3.63, 3.8) is 0 Å². The topological polar surface area (TPSA) is 79.4 Å². The molecule has 0 radical (unpaired) electrons. The summed E-state index contributed by atoms with van der Waals surface area (Å²) in [5.41, 5.74) is 1.46. The quantitative estimate of drug-likeness (QED) is 0.864. The van der Waals surface area contributed by atoms with Gasteiger partial charge in [-0.1, -0.05) is 6.07 Å². The van der Waals surface area contributed by atoms with Gasteiger partial charge in [0.2, 0.25) is 10.0 Å². The Labute approximate surface area is 151 Å². The third kappa shape index (κ3) is 4.08. The first-order valence-electron chi connectivity index (χ1n) is 8.15. The minimum absolute atomic E-state index is 0.0847. The fourth-order valence-corrected chi connectivity index (χ4v) is 5.00. The molecule has 25 heavy (non-hydrogen) atoms. The van der Waals surface area contributed by atoms with Gasteiger partial charge < -0.3 is 4.90 Å². The molecule has 1 aliphatic carbocycles. The van der Waals surface area contributed by atoms with E-state index in [2.05, 4.69) is 9.71 Å². The molecule has 1 heterocycles. The summed E-state index contributed by atoms with van der Waals surface area (Å²) >= 11 is 1.58. The molecule has 0 unspecified atom stereocenters. The second-order valence-corrected chi connectivity index (χ2v) is 9.17. The first kappa shape index (κ1) is 18.0. The lowest BCUT2D eigenvalue weighted by atomic mass is 10.0. The second-order valence-electron chi connectivity index (χ2n) is 6.24. The zero-order chi connectivity index (χ0) is 18.0. The second kappa shape index (κ2) is 7.23. The lowest BCUT2D eigenvalue weighted by molar-refractivity contribution is 0.0827. The molecule has 6 nitrogen and oxygen atoms in total. The highest BCUT2D eigenvalue weighted by atomic mass is 32.2. The van der Waals surface area contributed by atoms with Gasteiger partial charge in [-0.25, -0.2) is 18.1 Å². The molecule has 2 aromatic rings. The molecule has 0 spiro atoms. The van der Waals surface area contributed by atoms with E-state index in [1.54, 1.807) is 37.6 Å². The van der Waals surface area contributed by atoms with Gasteiger partial charge in [-0.05, 0) is 43.9 Å². The number of rotatable bonds is 5. The summed E-state index contributed by atoms with van der Waals surface area (Å²) in [4.78, 5) is 19.3. The number of fused-ring (bicyclic) bond motifs is 1. The van der Waals surface area contributed by atoms with E-state index in [1.165, 1.54) is 28.3 Å². The van der Waals surface area contributed by atoms with Crippen LogP contribution in [0.2, 0.25) is 0 Å². The summed E-state index contributed by atoms with van der Waals surface area (Å²) in [6, 6.07) is 6.07. The molecular formula is C17H21N3O3S2. The maximum absolute atomic E-state index is 12.5. The number of nitrogens with zero attached hydrogens (tertiary/aromatic N) is 2. The van der Waals surface area contributed by atoms with Crippen LogP contribution in [0.5, 0.6) is 0 Å². The number of aromatic nitrogens is 1. The fourth-order valence-electron chi connectivity index (χ4n) is 2.78. The summed E-state index contributed by atoms with van der Waals surface area (Å²) in [6.45, 7) is 0.172. The van der Waals surface area contributed by atoms with Crippen molar-refractivity contribution in [1.29, 1.82) is 0 Å². The van der Waals surface area contributed by atoms with Crippen LogP contribution in [0.3, 0.4) is 0 Å². The van der Waals surface area contributed by atoms with Crippen LogP contribution in [0.4, 0.5) is 0 Å². The molecule has 1 aromatic heterocycles. The number of nitrogens with one attached hydrogen (secondary N) is 1. The van der Waals surface area contributed by atoms with Gasteiger partial charge in [-0.2, -0.15) is 0 Å². The van der Waals surface area contributed by atoms with E-state index in [9.17, 15) is 13.2 Å². The standard InChI is InChI=1S/C17H21N3O3S2/c1-20(2)17(21)12-6-5-7-13(10-12)25(22,23)18-11-16-19-14-8-3-4-9-15(14)24-16/h5-7,10,18H,3-4,8-9,11H2,1-2H3. The SMILES string of the molecule is CN(C)C(=O)c1cccc(S(=O)(=O)NCc2nc3c(s2)CCCC3)c1. The van der Waals surface area contributed by atoms with Crippen molar-refractivity contribution in [3.8, 4) is 0 Å². The van der Waals surface area contributed by atoms with E-state index < -0.39 is 10.0 Å². The molecule has 134 valence electrons. The fraction of sp³-hybridized carbons (Fsp3) is 0.412. The van der Waals surface area contributed by atoms with Gasteiger partial charge >= 0.3 is 0 Å². The number of sulfonamides is 1. The molecule has 0 saturated carbocycles. The van der Waals surface area contributed by atoms with Crippen molar-refractivity contribution >= 4 is 27.3 Å². The Hall–Kier alpha value is -1.77. The summed E-state index contributed by atoms with van der Waals surface area (Å²) in [6.07, 6.45) is 4.34. The van der Waals surface area contributed by atoms with Crippen LogP contribution < -0.4 is 4.72 Å². The van der Waals surface area contributed by atoms with Crippen molar-refractivity contribution in [1.82, 2.24) is 14.6 Å². The normalized spacial score (nSPS) is 14.2. The molecule has 0 bridgehead atoms. The van der Waals surface area contributed by atoms with Crippen molar-refractivity contribution in [3.05, 3.63) is 45.4 Å². The van der Waals surface area contributed by atoms with Crippen LogP contribution in [0, 0.1) is 0 Å². The van der Waals surface area contributed by atoms with Crippen LogP contribution >= 0.6 is 11.3 Å². The van der Waals surface area contributed by atoms with Crippen molar-refractivity contribution in [2.24, 2.45) is 0 Å². The lowest BCUT2D eigenvalue weighted by Gasteiger charge is -2.11. The third-order valence-corrected chi connectivity index (χ3v) is 6.66. The van der Waals surface area contributed by atoms with Crippen LogP contribution in [0.1, 0.15) is 38.8 Å². The predicted octanol–water partition coefficient (Wildman–Crippen LogP) is 2.20. The van der Waals surface area contributed by atoms with E-state index >= 15 is 0 Å². The van der Waals surface area contributed by atoms with Crippen LogP contribution in [-0.4, -0.2) is 38.3 Å². The molecule has 0 atom stereocenters. The Morgan fingerprint density at radius 3 is 2.76 bits per heavy atom. The van der Waals surface area contributed by atoms with Gasteiger partial charge in [0.1, 0.15) is 5.01 Å². The first-order valence-corrected chi connectivity index (χ1v) is 10.5. The Morgan fingerprint density at radius 2 is 2.04 bits per heavy atom. The van der Waals surface area contributed by atoms with Crippen molar-refractivity contribution in [2.75, 3.05) is 14.1 Å². The van der Waals surface area contributed by atoms with Gasteiger partial charge in [-0.3, -0.25) is 4.79 Å². The summed E-state index contributed by atoms with van der Waals surface area (Å²) in [5.74, 6) is -0.232.